The van der Waals surface area contributed by atoms with Gasteiger partial charge in [-0.15, -0.1) is 0 Å². The molecule has 0 atom stereocenters. The van der Waals surface area contributed by atoms with Gasteiger partial charge in [-0.05, 0) is 37.6 Å². The molecule has 0 spiro atoms. The van der Waals surface area contributed by atoms with Crippen LogP contribution in [0.25, 0.3) is 12.2 Å². The molecule has 0 saturated heterocycles. The molecule has 1 aromatic carbocycles. The van der Waals surface area contributed by atoms with E-state index in [-0.39, 0.29) is 5.82 Å². The van der Waals surface area contributed by atoms with E-state index in [9.17, 15) is 4.39 Å². The minimum absolute atomic E-state index is 0.242. The van der Waals surface area contributed by atoms with Gasteiger partial charge in [0, 0.05) is 0 Å². The van der Waals surface area contributed by atoms with Gasteiger partial charge in [-0.3, -0.25) is 0 Å². The van der Waals surface area contributed by atoms with Gasteiger partial charge in [0.05, 0.1) is 0 Å². The first kappa shape index (κ1) is 11.4. The van der Waals surface area contributed by atoms with Crippen LogP contribution in [0.2, 0.25) is 0 Å². The Kier molecular flexibility index (Phi) is 3.23. The molecule has 3 nitrogen and oxygen atoms in total. The number of aryl methyl sites for hydroxylation is 2. The summed E-state index contributed by atoms with van der Waals surface area (Å²) in [4.78, 5) is 12.5. The molecule has 0 N–H and O–H groups in total. The molecule has 0 radical (unpaired) electrons. The molecule has 17 heavy (non-hydrogen) atoms. The van der Waals surface area contributed by atoms with E-state index in [1.165, 1.54) is 12.1 Å². The summed E-state index contributed by atoms with van der Waals surface area (Å²) < 4.78 is 12.7. The summed E-state index contributed by atoms with van der Waals surface area (Å²) >= 11 is 0. The fourth-order valence-corrected chi connectivity index (χ4v) is 1.46. The number of hydrogen-bond donors (Lipinski definition) is 0. The van der Waals surface area contributed by atoms with Crippen molar-refractivity contribution in [1.82, 2.24) is 15.0 Å². The average molecular weight is 229 g/mol. The van der Waals surface area contributed by atoms with E-state index in [1.807, 2.05) is 19.9 Å². The standard InChI is InChI=1S/C13H12FN3/c1-9-15-10(2)17-13(16-9)8-5-11-3-6-12(14)7-4-11/h3-8H,1-2H3/b8-5+. The number of hydrogen-bond acceptors (Lipinski definition) is 3. The lowest BCUT2D eigenvalue weighted by molar-refractivity contribution is 0.628. The second-order valence-corrected chi connectivity index (χ2v) is 3.67. The quantitative estimate of drug-likeness (QED) is 0.794. The Morgan fingerprint density at radius 1 is 0.882 bits per heavy atom. The van der Waals surface area contributed by atoms with Crippen LogP contribution < -0.4 is 0 Å². The third kappa shape index (κ3) is 3.17. The van der Waals surface area contributed by atoms with E-state index in [4.69, 9.17) is 0 Å². The van der Waals surface area contributed by atoms with Crippen molar-refractivity contribution < 1.29 is 4.39 Å². The van der Waals surface area contributed by atoms with Gasteiger partial charge in [-0.2, -0.15) is 0 Å². The van der Waals surface area contributed by atoms with Gasteiger partial charge in [0.15, 0.2) is 5.82 Å². The van der Waals surface area contributed by atoms with Crippen LogP contribution in [0.4, 0.5) is 4.39 Å². The first-order chi connectivity index (χ1) is 8.13. The van der Waals surface area contributed by atoms with Crippen molar-refractivity contribution in [3.05, 3.63) is 53.1 Å². The zero-order valence-corrected chi connectivity index (χ0v) is 9.68. The normalized spacial score (nSPS) is 11.0. The molecule has 0 aliphatic heterocycles. The maximum atomic E-state index is 12.7. The van der Waals surface area contributed by atoms with Crippen molar-refractivity contribution in [2.24, 2.45) is 0 Å². The fourth-order valence-electron chi connectivity index (χ4n) is 1.46. The van der Waals surface area contributed by atoms with Crippen LogP contribution >= 0.6 is 0 Å². The van der Waals surface area contributed by atoms with E-state index in [0.717, 1.165) is 5.56 Å². The molecule has 0 unspecified atom stereocenters. The van der Waals surface area contributed by atoms with E-state index in [0.29, 0.717) is 17.5 Å². The maximum Gasteiger partial charge on any atom is 0.156 e. The summed E-state index contributed by atoms with van der Waals surface area (Å²) in [7, 11) is 0. The highest BCUT2D eigenvalue weighted by Crippen LogP contribution is 2.07. The molecule has 0 aliphatic rings. The Morgan fingerprint density at radius 2 is 1.47 bits per heavy atom. The van der Waals surface area contributed by atoms with Crippen LogP contribution in [0.1, 0.15) is 23.0 Å². The molecular formula is C13H12FN3. The topological polar surface area (TPSA) is 38.7 Å². The Labute approximate surface area is 99.1 Å². The lowest BCUT2D eigenvalue weighted by Gasteiger charge is -1.97. The van der Waals surface area contributed by atoms with Gasteiger partial charge in [0.1, 0.15) is 17.5 Å². The summed E-state index contributed by atoms with van der Waals surface area (Å²) in [5.74, 6) is 1.75. The van der Waals surface area contributed by atoms with Crippen molar-refractivity contribution in [2.45, 2.75) is 13.8 Å². The predicted molar refractivity (Wildman–Crippen MR) is 64.6 cm³/mol. The smallest absolute Gasteiger partial charge is 0.156 e. The van der Waals surface area contributed by atoms with Crippen molar-refractivity contribution in [3.8, 4) is 0 Å². The van der Waals surface area contributed by atoms with Gasteiger partial charge in [-0.1, -0.05) is 18.2 Å². The lowest BCUT2D eigenvalue weighted by Crippen LogP contribution is -1.98. The monoisotopic (exact) mass is 229 g/mol. The summed E-state index contributed by atoms with van der Waals surface area (Å²) in [5.41, 5.74) is 0.905. The van der Waals surface area contributed by atoms with Gasteiger partial charge < -0.3 is 0 Å². The van der Waals surface area contributed by atoms with E-state index in [1.54, 1.807) is 18.2 Å². The molecule has 0 aliphatic carbocycles. The van der Waals surface area contributed by atoms with Crippen LogP contribution in [-0.2, 0) is 0 Å². The zero-order valence-electron chi connectivity index (χ0n) is 9.68. The summed E-state index contributed by atoms with van der Waals surface area (Å²) in [6, 6.07) is 6.24. The van der Waals surface area contributed by atoms with E-state index < -0.39 is 0 Å². The van der Waals surface area contributed by atoms with Crippen molar-refractivity contribution >= 4 is 12.2 Å². The van der Waals surface area contributed by atoms with Crippen LogP contribution in [-0.4, -0.2) is 15.0 Å². The number of benzene rings is 1. The molecule has 1 heterocycles. The predicted octanol–water partition coefficient (Wildman–Crippen LogP) is 2.80. The largest absolute Gasteiger partial charge is 0.219 e. The van der Waals surface area contributed by atoms with Gasteiger partial charge in [-0.25, -0.2) is 19.3 Å². The summed E-state index contributed by atoms with van der Waals surface area (Å²) in [6.07, 6.45) is 3.63. The Hall–Kier alpha value is -2.10. The van der Waals surface area contributed by atoms with Crippen molar-refractivity contribution in [2.75, 3.05) is 0 Å². The first-order valence-corrected chi connectivity index (χ1v) is 5.26. The molecule has 0 amide bonds. The second-order valence-electron chi connectivity index (χ2n) is 3.67. The maximum absolute atomic E-state index is 12.7. The number of halogens is 1. The van der Waals surface area contributed by atoms with Crippen molar-refractivity contribution in [1.29, 1.82) is 0 Å². The third-order valence-corrected chi connectivity index (χ3v) is 2.17. The molecule has 2 aromatic rings. The van der Waals surface area contributed by atoms with Gasteiger partial charge >= 0.3 is 0 Å². The lowest BCUT2D eigenvalue weighted by atomic mass is 10.2. The Morgan fingerprint density at radius 3 is 2.06 bits per heavy atom. The average Bonchev–Trinajstić information content (AvgIpc) is 2.27. The van der Waals surface area contributed by atoms with Crippen molar-refractivity contribution in [3.63, 3.8) is 0 Å². The zero-order chi connectivity index (χ0) is 12.3. The van der Waals surface area contributed by atoms with Crippen LogP contribution in [0.15, 0.2) is 24.3 Å². The molecule has 0 saturated carbocycles. The minimum Gasteiger partial charge on any atom is -0.219 e. The van der Waals surface area contributed by atoms with E-state index >= 15 is 0 Å². The fraction of sp³-hybridized carbons (Fsp3) is 0.154. The molecule has 0 fully saturated rings. The van der Waals surface area contributed by atoms with Crippen LogP contribution in [0.5, 0.6) is 0 Å². The van der Waals surface area contributed by atoms with E-state index in [2.05, 4.69) is 15.0 Å². The SMILES string of the molecule is Cc1nc(C)nc(/C=C/c2ccc(F)cc2)n1. The molecule has 0 bridgehead atoms. The molecule has 86 valence electrons. The number of aromatic nitrogens is 3. The van der Waals surface area contributed by atoms with Gasteiger partial charge in [0.2, 0.25) is 0 Å². The summed E-state index contributed by atoms with van der Waals surface area (Å²) in [5, 5.41) is 0. The molecule has 1 aromatic heterocycles. The highest BCUT2D eigenvalue weighted by molar-refractivity contribution is 5.66. The Balaban J connectivity index is 2.22. The first-order valence-electron chi connectivity index (χ1n) is 5.26. The number of rotatable bonds is 2. The second kappa shape index (κ2) is 4.82. The highest BCUT2D eigenvalue weighted by atomic mass is 19.1. The molecule has 4 heteroatoms. The van der Waals surface area contributed by atoms with Crippen LogP contribution in [0, 0.1) is 19.7 Å². The highest BCUT2D eigenvalue weighted by Gasteiger charge is 1.96. The van der Waals surface area contributed by atoms with Gasteiger partial charge in [0.25, 0.3) is 0 Å². The summed E-state index contributed by atoms with van der Waals surface area (Å²) in [6.45, 7) is 3.65. The Bertz CT molecular complexity index is 527. The number of nitrogens with zero attached hydrogens (tertiary/aromatic N) is 3. The minimum atomic E-state index is -0.242. The molecular weight excluding hydrogens is 217 g/mol. The third-order valence-electron chi connectivity index (χ3n) is 2.17. The molecule has 2 rings (SSSR count). The van der Waals surface area contributed by atoms with Crippen LogP contribution in [0.3, 0.4) is 0 Å².